The first-order chi connectivity index (χ1) is 12.7. The highest BCUT2D eigenvalue weighted by atomic mass is 16.5. The third kappa shape index (κ3) is 3.51. The lowest BCUT2D eigenvalue weighted by atomic mass is 9.82. The van der Waals surface area contributed by atoms with Crippen LogP contribution >= 0.6 is 0 Å². The lowest BCUT2D eigenvalue weighted by molar-refractivity contribution is -0.146. The molecule has 2 fully saturated rings. The number of fused-ring (bicyclic) bond motifs is 1. The Morgan fingerprint density at radius 2 is 2.19 bits per heavy atom. The molecule has 1 saturated carbocycles. The number of amides is 1. The highest BCUT2D eigenvalue weighted by molar-refractivity contribution is 5.84. The van der Waals surface area contributed by atoms with Crippen molar-refractivity contribution in [3.05, 3.63) is 30.1 Å². The van der Waals surface area contributed by atoms with E-state index < -0.39 is 0 Å². The highest BCUT2D eigenvalue weighted by Gasteiger charge is 2.37. The summed E-state index contributed by atoms with van der Waals surface area (Å²) in [6.45, 7) is 1.61. The van der Waals surface area contributed by atoms with Crippen molar-refractivity contribution in [3.8, 4) is 0 Å². The van der Waals surface area contributed by atoms with Gasteiger partial charge in [-0.3, -0.25) is 9.59 Å². The molecule has 2 heterocycles. The number of nitrogens with one attached hydrogen (secondary N) is 1. The number of hydrogen-bond acceptors (Lipinski definition) is 4. The van der Waals surface area contributed by atoms with Crippen molar-refractivity contribution in [1.82, 2.24) is 14.9 Å². The first-order valence-corrected chi connectivity index (χ1v) is 9.56. The fourth-order valence-corrected chi connectivity index (χ4v) is 4.18. The molecule has 1 aliphatic heterocycles. The van der Waals surface area contributed by atoms with Gasteiger partial charge >= 0.3 is 0 Å². The van der Waals surface area contributed by atoms with E-state index in [0.717, 1.165) is 36.1 Å². The molecule has 1 amide bonds. The minimum atomic E-state index is -0.0975. The number of morpholine rings is 1. The second-order valence-corrected chi connectivity index (χ2v) is 7.25. The lowest BCUT2D eigenvalue weighted by Crippen LogP contribution is -2.54. The predicted octanol–water partition coefficient (Wildman–Crippen LogP) is 2.48. The van der Waals surface area contributed by atoms with Gasteiger partial charge in [0.1, 0.15) is 11.6 Å². The van der Waals surface area contributed by atoms with E-state index in [1.54, 1.807) is 0 Å². The van der Waals surface area contributed by atoms with Crippen molar-refractivity contribution in [3.63, 3.8) is 0 Å². The van der Waals surface area contributed by atoms with Crippen LogP contribution < -0.4 is 0 Å². The van der Waals surface area contributed by atoms with E-state index in [9.17, 15) is 9.59 Å². The van der Waals surface area contributed by atoms with E-state index in [0.29, 0.717) is 44.8 Å². The summed E-state index contributed by atoms with van der Waals surface area (Å²) in [5.41, 5.74) is 1.92. The number of aromatic nitrogens is 2. The molecule has 6 nitrogen and oxygen atoms in total. The van der Waals surface area contributed by atoms with E-state index >= 15 is 0 Å². The summed E-state index contributed by atoms with van der Waals surface area (Å²) in [4.78, 5) is 34.9. The molecule has 1 saturated heterocycles. The molecule has 138 valence electrons. The zero-order valence-corrected chi connectivity index (χ0v) is 14.9. The van der Waals surface area contributed by atoms with Crippen molar-refractivity contribution in [2.24, 2.45) is 5.92 Å². The quantitative estimate of drug-likeness (QED) is 0.914. The largest absolute Gasteiger partial charge is 0.377 e. The van der Waals surface area contributed by atoms with Crippen molar-refractivity contribution in [2.75, 3.05) is 19.8 Å². The normalized spacial score (nSPS) is 24.2. The zero-order chi connectivity index (χ0) is 17.9. The Kier molecular flexibility index (Phi) is 5.02. The molecule has 6 heteroatoms. The number of Topliss-reactive ketones (excluding diaryl/α,β-unsaturated/α-hetero) is 1. The molecular formula is C20H25N3O3. The Labute approximate surface area is 152 Å². The topological polar surface area (TPSA) is 75.3 Å². The maximum atomic E-state index is 12.9. The zero-order valence-electron chi connectivity index (χ0n) is 14.9. The summed E-state index contributed by atoms with van der Waals surface area (Å²) >= 11 is 0. The maximum absolute atomic E-state index is 12.9. The summed E-state index contributed by atoms with van der Waals surface area (Å²) < 4.78 is 5.60. The average molecular weight is 355 g/mol. The van der Waals surface area contributed by atoms with E-state index in [4.69, 9.17) is 4.74 Å². The number of H-pyrrole nitrogens is 1. The number of aryl methyl sites for hydroxylation is 1. The number of imidazole rings is 1. The summed E-state index contributed by atoms with van der Waals surface area (Å²) in [6, 6.07) is 7.77. The number of nitrogens with zero attached hydrogens (tertiary/aromatic N) is 2. The van der Waals surface area contributed by atoms with Crippen molar-refractivity contribution in [2.45, 2.75) is 44.6 Å². The smallest absolute Gasteiger partial charge is 0.223 e. The van der Waals surface area contributed by atoms with Crippen LogP contribution in [0.3, 0.4) is 0 Å². The number of aromatic amines is 1. The molecule has 4 rings (SSSR count). The van der Waals surface area contributed by atoms with Gasteiger partial charge in [-0.2, -0.15) is 0 Å². The lowest BCUT2D eigenvalue weighted by Gasteiger charge is -2.40. The van der Waals surface area contributed by atoms with Gasteiger partial charge in [0.05, 0.1) is 30.3 Å². The fourth-order valence-electron chi connectivity index (χ4n) is 4.18. The van der Waals surface area contributed by atoms with Crippen LogP contribution in [0.15, 0.2) is 24.3 Å². The molecule has 1 aliphatic carbocycles. The monoisotopic (exact) mass is 355 g/mol. The molecule has 26 heavy (non-hydrogen) atoms. The molecule has 0 radical (unpaired) electrons. The Hall–Kier alpha value is -2.21. The van der Waals surface area contributed by atoms with Crippen LogP contribution in [0.2, 0.25) is 0 Å². The Balaban J connectivity index is 1.42. The second kappa shape index (κ2) is 7.58. The second-order valence-electron chi connectivity index (χ2n) is 7.25. The molecule has 2 unspecified atom stereocenters. The number of carbonyl (C=O) groups excluding carboxylic acids is 2. The Bertz CT molecular complexity index is 767. The number of ketones is 1. The molecule has 2 atom stereocenters. The van der Waals surface area contributed by atoms with E-state index in [2.05, 4.69) is 9.97 Å². The minimum Gasteiger partial charge on any atom is -0.377 e. The summed E-state index contributed by atoms with van der Waals surface area (Å²) in [5.74, 6) is 1.16. The van der Waals surface area contributed by atoms with Crippen LogP contribution in [-0.2, 0) is 20.7 Å². The number of para-hydroxylation sites is 2. The Morgan fingerprint density at radius 1 is 1.31 bits per heavy atom. The predicted molar refractivity (Wildman–Crippen MR) is 97.7 cm³/mol. The van der Waals surface area contributed by atoms with Crippen molar-refractivity contribution >= 4 is 22.7 Å². The van der Waals surface area contributed by atoms with Gasteiger partial charge in [-0.15, -0.1) is 0 Å². The first-order valence-electron chi connectivity index (χ1n) is 9.56. The van der Waals surface area contributed by atoms with Gasteiger partial charge < -0.3 is 14.6 Å². The van der Waals surface area contributed by atoms with Crippen molar-refractivity contribution < 1.29 is 14.3 Å². The number of carbonyl (C=O) groups is 2. The van der Waals surface area contributed by atoms with Gasteiger partial charge in [-0.1, -0.05) is 18.6 Å². The SMILES string of the molecule is O=C1CCCCC1C1COCCN1C(=O)CCc1nc2ccccc2[nH]1. The van der Waals surface area contributed by atoms with Crippen LogP contribution in [0.5, 0.6) is 0 Å². The molecule has 2 aromatic rings. The van der Waals surface area contributed by atoms with E-state index in [1.807, 2.05) is 29.2 Å². The van der Waals surface area contributed by atoms with E-state index in [-0.39, 0.29) is 17.9 Å². The Morgan fingerprint density at radius 3 is 3.04 bits per heavy atom. The van der Waals surface area contributed by atoms with Gasteiger partial charge in [-0.05, 0) is 25.0 Å². The van der Waals surface area contributed by atoms with Gasteiger partial charge in [0.25, 0.3) is 0 Å². The van der Waals surface area contributed by atoms with Crippen LogP contribution in [-0.4, -0.2) is 52.4 Å². The number of hydrogen-bond donors (Lipinski definition) is 1. The van der Waals surface area contributed by atoms with Crippen LogP contribution in [0, 0.1) is 5.92 Å². The molecule has 0 bridgehead atoms. The molecule has 0 spiro atoms. The number of rotatable bonds is 4. The summed E-state index contributed by atoms with van der Waals surface area (Å²) in [7, 11) is 0. The third-order valence-electron chi connectivity index (χ3n) is 5.57. The fraction of sp³-hybridized carbons (Fsp3) is 0.550. The molecule has 2 aliphatic rings. The van der Waals surface area contributed by atoms with Gasteiger partial charge in [0.15, 0.2) is 0 Å². The minimum absolute atomic E-state index is 0.0563. The molecule has 1 aromatic heterocycles. The number of benzene rings is 1. The van der Waals surface area contributed by atoms with Crippen LogP contribution in [0.4, 0.5) is 0 Å². The van der Waals surface area contributed by atoms with Gasteiger partial charge in [0, 0.05) is 31.7 Å². The molecule has 1 N–H and O–H groups in total. The molecule has 1 aromatic carbocycles. The number of ether oxygens (including phenoxy) is 1. The average Bonchev–Trinajstić information content (AvgIpc) is 3.09. The third-order valence-corrected chi connectivity index (χ3v) is 5.57. The van der Waals surface area contributed by atoms with Crippen LogP contribution in [0.25, 0.3) is 11.0 Å². The van der Waals surface area contributed by atoms with E-state index in [1.165, 1.54) is 0 Å². The first kappa shape index (κ1) is 17.2. The highest BCUT2D eigenvalue weighted by Crippen LogP contribution is 2.28. The van der Waals surface area contributed by atoms with Crippen LogP contribution in [0.1, 0.15) is 37.9 Å². The van der Waals surface area contributed by atoms with Gasteiger partial charge in [-0.25, -0.2) is 4.98 Å². The summed E-state index contributed by atoms with van der Waals surface area (Å²) in [5, 5.41) is 0. The standard InChI is InChI=1S/C20H25N3O3/c24-18-8-4-1-5-14(18)17-13-26-12-11-23(17)20(25)10-9-19-21-15-6-2-3-7-16(15)22-19/h2-3,6-7,14,17H,1,4-5,8-13H2,(H,21,22). The maximum Gasteiger partial charge on any atom is 0.223 e. The molecular weight excluding hydrogens is 330 g/mol. The summed E-state index contributed by atoms with van der Waals surface area (Å²) in [6.07, 6.45) is 4.53. The van der Waals surface area contributed by atoms with Gasteiger partial charge in [0.2, 0.25) is 5.91 Å². The van der Waals surface area contributed by atoms with Crippen molar-refractivity contribution in [1.29, 1.82) is 0 Å².